The van der Waals surface area contributed by atoms with E-state index in [0.29, 0.717) is 5.56 Å². The van der Waals surface area contributed by atoms with Gasteiger partial charge in [-0.25, -0.2) is 4.79 Å². The quantitative estimate of drug-likeness (QED) is 0.675. The zero-order valence-corrected chi connectivity index (χ0v) is 8.37. The molecule has 0 aliphatic heterocycles. The number of aliphatic hydroxyl groups is 2. The summed E-state index contributed by atoms with van der Waals surface area (Å²) in [7, 11) is 0. The predicted octanol–water partition coefficient (Wildman–Crippen LogP) is 0.232. The molecule has 0 aromatic heterocycles. The van der Waals surface area contributed by atoms with Gasteiger partial charge in [-0.15, -0.1) is 0 Å². The van der Waals surface area contributed by atoms with E-state index in [2.05, 4.69) is 0 Å². The lowest BCUT2D eigenvalue weighted by Gasteiger charge is -2.14. The van der Waals surface area contributed by atoms with E-state index in [1.807, 2.05) is 6.07 Å². The van der Waals surface area contributed by atoms with Gasteiger partial charge in [0, 0.05) is 0 Å². The largest absolute Gasteiger partial charge is 0.479 e. The van der Waals surface area contributed by atoms with Gasteiger partial charge >= 0.3 is 5.97 Å². The van der Waals surface area contributed by atoms with Crippen molar-refractivity contribution >= 4 is 5.97 Å². The van der Waals surface area contributed by atoms with Gasteiger partial charge in [-0.3, -0.25) is 0 Å². The average molecular weight is 221 g/mol. The zero-order valence-electron chi connectivity index (χ0n) is 8.37. The zero-order chi connectivity index (χ0) is 12.1. The molecule has 0 spiro atoms. The molecule has 5 heteroatoms. The molecule has 84 valence electrons. The summed E-state index contributed by atoms with van der Waals surface area (Å²) in [6.45, 7) is 0. The van der Waals surface area contributed by atoms with Crippen LogP contribution in [0.1, 0.15) is 17.2 Å². The van der Waals surface area contributed by atoms with Crippen molar-refractivity contribution in [2.24, 2.45) is 0 Å². The van der Waals surface area contributed by atoms with Gasteiger partial charge in [-0.1, -0.05) is 24.3 Å². The van der Waals surface area contributed by atoms with Gasteiger partial charge in [0.15, 0.2) is 6.10 Å². The van der Waals surface area contributed by atoms with Crippen LogP contribution in [0.2, 0.25) is 0 Å². The first-order valence-corrected chi connectivity index (χ1v) is 4.61. The molecule has 0 fully saturated rings. The van der Waals surface area contributed by atoms with Crippen LogP contribution in [0.3, 0.4) is 0 Å². The fourth-order valence-electron chi connectivity index (χ4n) is 1.24. The van der Waals surface area contributed by atoms with E-state index in [1.54, 1.807) is 12.1 Å². The fraction of sp³-hybridized carbons (Fsp3) is 0.273. The molecule has 0 radical (unpaired) electrons. The van der Waals surface area contributed by atoms with Crippen molar-refractivity contribution in [3.8, 4) is 6.07 Å². The number of carboxylic acid groups (broad SMARTS) is 1. The highest BCUT2D eigenvalue weighted by Gasteiger charge is 2.24. The molecule has 16 heavy (non-hydrogen) atoms. The molecule has 5 nitrogen and oxygen atoms in total. The smallest absolute Gasteiger partial charge is 0.335 e. The highest BCUT2D eigenvalue weighted by molar-refractivity contribution is 5.73. The summed E-state index contributed by atoms with van der Waals surface area (Å²) in [4.78, 5) is 10.4. The Bertz CT molecular complexity index is 407. The highest BCUT2D eigenvalue weighted by Crippen LogP contribution is 2.17. The molecule has 0 aliphatic rings. The van der Waals surface area contributed by atoms with Gasteiger partial charge in [0.05, 0.1) is 12.5 Å². The van der Waals surface area contributed by atoms with Crippen LogP contribution in [0, 0.1) is 11.3 Å². The summed E-state index contributed by atoms with van der Waals surface area (Å²) in [5, 5.41) is 35.5. The van der Waals surface area contributed by atoms with Crippen LogP contribution in [-0.2, 0) is 11.2 Å². The normalized spacial score (nSPS) is 13.8. The molecule has 0 amide bonds. The number of hydrogen-bond donors (Lipinski definition) is 3. The first-order valence-electron chi connectivity index (χ1n) is 4.61. The molecule has 2 unspecified atom stereocenters. The van der Waals surface area contributed by atoms with E-state index < -0.39 is 18.2 Å². The molecule has 0 heterocycles. The van der Waals surface area contributed by atoms with Crippen molar-refractivity contribution in [1.82, 2.24) is 0 Å². The molecule has 1 aromatic carbocycles. The minimum atomic E-state index is -1.85. The molecule has 2 atom stereocenters. The summed E-state index contributed by atoms with van der Waals surface area (Å²) in [6.07, 6.45) is -3.06. The number of carboxylic acids is 1. The Hall–Kier alpha value is -1.90. The lowest BCUT2D eigenvalue weighted by Crippen LogP contribution is -2.27. The van der Waals surface area contributed by atoms with Gasteiger partial charge in [0.2, 0.25) is 0 Å². The minimum Gasteiger partial charge on any atom is -0.479 e. The van der Waals surface area contributed by atoms with Crippen LogP contribution in [0.4, 0.5) is 0 Å². The second-order valence-electron chi connectivity index (χ2n) is 3.30. The molecule has 0 saturated carbocycles. The number of benzene rings is 1. The van der Waals surface area contributed by atoms with Gasteiger partial charge in [0.1, 0.15) is 6.10 Å². The predicted molar refractivity (Wildman–Crippen MR) is 54.4 cm³/mol. The maximum absolute atomic E-state index is 10.4. The topological polar surface area (TPSA) is 102 Å². The van der Waals surface area contributed by atoms with Crippen LogP contribution in [0.5, 0.6) is 0 Å². The number of rotatable bonds is 4. The summed E-state index contributed by atoms with van der Waals surface area (Å²) in [6, 6.07) is 8.16. The van der Waals surface area contributed by atoms with E-state index in [-0.39, 0.29) is 6.42 Å². The van der Waals surface area contributed by atoms with Crippen molar-refractivity contribution in [2.45, 2.75) is 18.6 Å². The number of nitrogens with zero attached hydrogens (tertiary/aromatic N) is 1. The Morgan fingerprint density at radius 3 is 2.31 bits per heavy atom. The van der Waals surface area contributed by atoms with Crippen molar-refractivity contribution in [3.05, 3.63) is 35.4 Å². The summed E-state index contributed by atoms with van der Waals surface area (Å²) < 4.78 is 0. The third kappa shape index (κ3) is 2.79. The number of nitriles is 1. The number of hydrogen-bond acceptors (Lipinski definition) is 4. The first-order chi connectivity index (χ1) is 7.56. The Kier molecular flexibility index (Phi) is 4.00. The van der Waals surface area contributed by atoms with Crippen molar-refractivity contribution < 1.29 is 20.1 Å². The molecule has 1 aromatic rings. The van der Waals surface area contributed by atoms with Crippen LogP contribution >= 0.6 is 0 Å². The van der Waals surface area contributed by atoms with Crippen LogP contribution < -0.4 is 0 Å². The Labute approximate surface area is 92.2 Å². The second kappa shape index (κ2) is 5.26. The van der Waals surface area contributed by atoms with Crippen molar-refractivity contribution in [3.63, 3.8) is 0 Å². The third-order valence-corrected chi connectivity index (χ3v) is 2.16. The highest BCUT2D eigenvalue weighted by atomic mass is 16.4. The number of aliphatic hydroxyl groups excluding tert-OH is 2. The van der Waals surface area contributed by atoms with Gasteiger partial charge < -0.3 is 15.3 Å². The second-order valence-corrected chi connectivity index (χ2v) is 3.30. The Balaban J connectivity index is 2.82. The van der Waals surface area contributed by atoms with E-state index in [0.717, 1.165) is 5.56 Å². The molecule has 3 N–H and O–H groups in total. The van der Waals surface area contributed by atoms with Gasteiger partial charge in [-0.05, 0) is 11.1 Å². The average Bonchev–Trinajstić information content (AvgIpc) is 2.28. The van der Waals surface area contributed by atoms with E-state index in [4.69, 9.17) is 15.5 Å². The molecular formula is C11H11NO4. The fourth-order valence-corrected chi connectivity index (χ4v) is 1.24. The van der Waals surface area contributed by atoms with Gasteiger partial charge in [0.25, 0.3) is 0 Å². The molecule has 0 aliphatic carbocycles. The molecule has 1 rings (SSSR count). The van der Waals surface area contributed by atoms with E-state index in [9.17, 15) is 9.90 Å². The monoisotopic (exact) mass is 221 g/mol. The third-order valence-electron chi connectivity index (χ3n) is 2.16. The number of carbonyl (C=O) groups is 1. The summed E-state index contributed by atoms with van der Waals surface area (Å²) >= 11 is 0. The lowest BCUT2D eigenvalue weighted by molar-refractivity contribution is -0.153. The standard InChI is InChI=1S/C11H11NO4/c12-6-5-7-1-3-8(4-2-7)9(13)10(14)11(15)16/h1-4,9-10,13-14H,5H2,(H,15,16). The maximum atomic E-state index is 10.4. The van der Waals surface area contributed by atoms with E-state index in [1.165, 1.54) is 12.1 Å². The summed E-state index contributed by atoms with van der Waals surface area (Å²) in [5.74, 6) is -1.48. The van der Waals surface area contributed by atoms with Crippen LogP contribution in [0.15, 0.2) is 24.3 Å². The van der Waals surface area contributed by atoms with Crippen LogP contribution in [0.25, 0.3) is 0 Å². The van der Waals surface area contributed by atoms with Crippen molar-refractivity contribution in [2.75, 3.05) is 0 Å². The summed E-state index contributed by atoms with van der Waals surface area (Å²) in [5.41, 5.74) is 1.07. The molecule has 0 bridgehead atoms. The van der Waals surface area contributed by atoms with Crippen molar-refractivity contribution in [1.29, 1.82) is 5.26 Å². The van der Waals surface area contributed by atoms with Gasteiger partial charge in [-0.2, -0.15) is 5.26 Å². The SMILES string of the molecule is N#CCc1ccc(C(O)C(O)C(=O)O)cc1. The Morgan fingerprint density at radius 1 is 1.31 bits per heavy atom. The first kappa shape index (κ1) is 12.2. The number of aliphatic carboxylic acids is 1. The minimum absolute atomic E-state index is 0.248. The lowest BCUT2D eigenvalue weighted by atomic mass is 10.0. The Morgan fingerprint density at radius 2 is 1.88 bits per heavy atom. The molecular weight excluding hydrogens is 210 g/mol. The maximum Gasteiger partial charge on any atom is 0.335 e. The van der Waals surface area contributed by atoms with E-state index >= 15 is 0 Å². The molecule has 0 saturated heterocycles. The van der Waals surface area contributed by atoms with Crippen LogP contribution in [-0.4, -0.2) is 27.4 Å².